The molecule has 0 amide bonds. The second-order valence-corrected chi connectivity index (χ2v) is 5.41. The summed E-state index contributed by atoms with van der Waals surface area (Å²) >= 11 is 0. The van der Waals surface area contributed by atoms with Crippen LogP contribution in [0, 0.1) is 18.8 Å². The number of carbonyl (C=O) groups is 1. The Labute approximate surface area is 109 Å². The lowest BCUT2D eigenvalue weighted by molar-refractivity contribution is -0.132. The number of aliphatic hydroxyl groups is 1. The van der Waals surface area contributed by atoms with Gasteiger partial charge in [0.25, 0.3) is 0 Å². The van der Waals surface area contributed by atoms with Gasteiger partial charge >= 0.3 is 0 Å². The summed E-state index contributed by atoms with van der Waals surface area (Å²) in [5, 5.41) is 10.5. The Morgan fingerprint density at radius 3 is 2.61 bits per heavy atom. The second-order valence-electron chi connectivity index (χ2n) is 5.41. The molecule has 2 rings (SSSR count). The molecular weight excluding hydrogens is 224 g/mol. The predicted octanol–water partition coefficient (Wildman–Crippen LogP) is 3.42. The van der Waals surface area contributed by atoms with Crippen LogP contribution in [0.25, 0.3) is 0 Å². The van der Waals surface area contributed by atoms with E-state index in [0.717, 1.165) is 24.8 Å². The number of aliphatic hydroxyl groups excluding tert-OH is 1. The number of Topliss-reactive ketones (excluding diaryl/α,β-unsaturated/α-hetero) is 1. The molecule has 0 saturated heterocycles. The lowest BCUT2D eigenvalue weighted by Crippen LogP contribution is -2.33. The van der Waals surface area contributed by atoms with E-state index in [4.69, 9.17) is 0 Å². The van der Waals surface area contributed by atoms with Gasteiger partial charge in [0.15, 0.2) is 0 Å². The standard InChI is InChI=1S/C16H22O2/c1-3-12-5-4-6-14(17)15(12)16(18)13-9-7-11(2)8-10-13/h7-10,12,15-16,18H,3-6H2,1-2H3/t12-,15+,16-/m1/s1. The minimum Gasteiger partial charge on any atom is -0.388 e. The van der Waals surface area contributed by atoms with Crippen molar-refractivity contribution in [2.75, 3.05) is 0 Å². The van der Waals surface area contributed by atoms with Crippen LogP contribution in [0.4, 0.5) is 0 Å². The molecule has 1 aromatic rings. The van der Waals surface area contributed by atoms with Crippen LogP contribution in [-0.2, 0) is 4.79 Å². The average molecular weight is 246 g/mol. The Hall–Kier alpha value is -1.15. The van der Waals surface area contributed by atoms with Crippen molar-refractivity contribution < 1.29 is 9.90 Å². The number of aryl methyl sites for hydroxylation is 1. The van der Waals surface area contributed by atoms with Crippen LogP contribution in [0.15, 0.2) is 24.3 Å². The Bertz CT molecular complexity index is 408. The van der Waals surface area contributed by atoms with E-state index in [2.05, 4.69) is 6.92 Å². The number of hydrogen-bond donors (Lipinski definition) is 1. The fourth-order valence-corrected chi connectivity index (χ4v) is 3.01. The van der Waals surface area contributed by atoms with E-state index in [1.165, 1.54) is 5.56 Å². The van der Waals surface area contributed by atoms with Gasteiger partial charge in [-0.3, -0.25) is 4.79 Å². The van der Waals surface area contributed by atoms with Crippen molar-refractivity contribution in [2.24, 2.45) is 11.8 Å². The van der Waals surface area contributed by atoms with Gasteiger partial charge in [0.2, 0.25) is 0 Å². The summed E-state index contributed by atoms with van der Waals surface area (Å²) in [6.07, 6.45) is 3.01. The van der Waals surface area contributed by atoms with Crippen LogP contribution < -0.4 is 0 Å². The number of rotatable bonds is 3. The lowest BCUT2D eigenvalue weighted by atomic mass is 9.72. The van der Waals surface area contributed by atoms with Gasteiger partial charge in [-0.15, -0.1) is 0 Å². The molecule has 2 heteroatoms. The predicted molar refractivity (Wildman–Crippen MR) is 72.3 cm³/mol. The maximum atomic E-state index is 12.1. The molecular formula is C16H22O2. The summed E-state index contributed by atoms with van der Waals surface area (Å²) in [6, 6.07) is 7.86. The molecule has 0 bridgehead atoms. The molecule has 1 saturated carbocycles. The first-order valence-corrected chi connectivity index (χ1v) is 6.90. The van der Waals surface area contributed by atoms with E-state index >= 15 is 0 Å². The quantitative estimate of drug-likeness (QED) is 0.887. The van der Waals surface area contributed by atoms with Crippen molar-refractivity contribution in [3.05, 3.63) is 35.4 Å². The van der Waals surface area contributed by atoms with Crippen LogP contribution in [0.2, 0.25) is 0 Å². The number of benzene rings is 1. The van der Waals surface area contributed by atoms with Crippen molar-refractivity contribution in [1.82, 2.24) is 0 Å². The molecule has 18 heavy (non-hydrogen) atoms. The third-order valence-electron chi connectivity index (χ3n) is 4.16. The average Bonchev–Trinajstić information content (AvgIpc) is 2.38. The minimum absolute atomic E-state index is 0.202. The van der Waals surface area contributed by atoms with E-state index in [0.29, 0.717) is 12.3 Å². The molecule has 2 nitrogen and oxygen atoms in total. The van der Waals surface area contributed by atoms with Gasteiger partial charge < -0.3 is 5.11 Å². The normalized spacial score (nSPS) is 26.1. The summed E-state index contributed by atoms with van der Waals surface area (Å²) in [7, 11) is 0. The molecule has 0 radical (unpaired) electrons. The summed E-state index contributed by atoms with van der Waals surface area (Å²) in [6.45, 7) is 4.13. The summed E-state index contributed by atoms with van der Waals surface area (Å²) in [5.41, 5.74) is 2.05. The molecule has 3 atom stereocenters. The molecule has 1 aliphatic rings. The molecule has 1 aromatic carbocycles. The number of carbonyl (C=O) groups excluding carboxylic acids is 1. The third kappa shape index (κ3) is 2.64. The van der Waals surface area contributed by atoms with Crippen LogP contribution in [0.1, 0.15) is 49.8 Å². The van der Waals surface area contributed by atoms with Crippen molar-refractivity contribution in [3.63, 3.8) is 0 Å². The SMILES string of the molecule is CC[C@@H]1CCCC(=O)[C@H]1[C@H](O)c1ccc(C)cc1. The van der Waals surface area contributed by atoms with Gasteiger partial charge in [0, 0.05) is 6.42 Å². The monoisotopic (exact) mass is 246 g/mol. The maximum Gasteiger partial charge on any atom is 0.139 e. The first-order chi connectivity index (χ1) is 8.63. The van der Waals surface area contributed by atoms with Crippen molar-refractivity contribution >= 4 is 5.78 Å². The van der Waals surface area contributed by atoms with E-state index < -0.39 is 6.10 Å². The fourth-order valence-electron chi connectivity index (χ4n) is 3.01. The molecule has 1 fully saturated rings. The van der Waals surface area contributed by atoms with Crippen LogP contribution >= 0.6 is 0 Å². The molecule has 0 heterocycles. The highest BCUT2D eigenvalue weighted by molar-refractivity contribution is 5.82. The highest BCUT2D eigenvalue weighted by Crippen LogP contribution is 2.38. The topological polar surface area (TPSA) is 37.3 Å². The zero-order valence-corrected chi connectivity index (χ0v) is 11.2. The van der Waals surface area contributed by atoms with Gasteiger partial charge in [0.05, 0.1) is 12.0 Å². The molecule has 0 aliphatic heterocycles. The smallest absolute Gasteiger partial charge is 0.139 e. The zero-order chi connectivity index (χ0) is 13.1. The van der Waals surface area contributed by atoms with Gasteiger partial charge in [-0.1, -0.05) is 43.2 Å². The molecule has 0 unspecified atom stereocenters. The highest BCUT2D eigenvalue weighted by Gasteiger charge is 2.36. The number of ketones is 1. The Kier molecular flexibility index (Phi) is 4.18. The third-order valence-corrected chi connectivity index (χ3v) is 4.16. The molecule has 0 spiro atoms. The summed E-state index contributed by atoms with van der Waals surface area (Å²) < 4.78 is 0. The Morgan fingerprint density at radius 1 is 1.33 bits per heavy atom. The van der Waals surface area contributed by atoms with Crippen molar-refractivity contribution in [2.45, 2.75) is 45.6 Å². The second kappa shape index (κ2) is 5.66. The van der Waals surface area contributed by atoms with E-state index in [-0.39, 0.29) is 11.7 Å². The van der Waals surface area contributed by atoms with Crippen LogP contribution in [-0.4, -0.2) is 10.9 Å². The van der Waals surface area contributed by atoms with E-state index in [1.807, 2.05) is 31.2 Å². The van der Waals surface area contributed by atoms with Gasteiger partial charge in [-0.2, -0.15) is 0 Å². The number of hydrogen-bond acceptors (Lipinski definition) is 2. The largest absolute Gasteiger partial charge is 0.388 e. The first-order valence-electron chi connectivity index (χ1n) is 6.90. The van der Waals surface area contributed by atoms with Crippen molar-refractivity contribution in [1.29, 1.82) is 0 Å². The molecule has 1 N–H and O–H groups in total. The Morgan fingerprint density at radius 2 is 2.00 bits per heavy atom. The van der Waals surface area contributed by atoms with Crippen LogP contribution in [0.3, 0.4) is 0 Å². The summed E-state index contributed by atoms with van der Waals surface area (Å²) in [5.74, 6) is 0.371. The maximum absolute atomic E-state index is 12.1. The van der Waals surface area contributed by atoms with E-state index in [9.17, 15) is 9.90 Å². The van der Waals surface area contributed by atoms with Gasteiger partial charge in [-0.05, 0) is 31.2 Å². The van der Waals surface area contributed by atoms with Crippen molar-refractivity contribution in [3.8, 4) is 0 Å². The van der Waals surface area contributed by atoms with Crippen LogP contribution in [0.5, 0.6) is 0 Å². The molecule has 1 aliphatic carbocycles. The van der Waals surface area contributed by atoms with E-state index in [1.54, 1.807) is 0 Å². The Balaban J connectivity index is 2.22. The highest BCUT2D eigenvalue weighted by atomic mass is 16.3. The molecule has 0 aromatic heterocycles. The minimum atomic E-state index is -0.636. The zero-order valence-electron chi connectivity index (χ0n) is 11.2. The van der Waals surface area contributed by atoms with Gasteiger partial charge in [0.1, 0.15) is 5.78 Å². The summed E-state index contributed by atoms with van der Waals surface area (Å²) in [4.78, 5) is 12.1. The van der Waals surface area contributed by atoms with Gasteiger partial charge in [-0.25, -0.2) is 0 Å². The lowest BCUT2D eigenvalue weighted by Gasteiger charge is -2.33. The molecule has 98 valence electrons. The fraction of sp³-hybridized carbons (Fsp3) is 0.562. The first kappa shape index (κ1) is 13.3.